The highest BCUT2D eigenvalue weighted by molar-refractivity contribution is 7.18. The summed E-state index contributed by atoms with van der Waals surface area (Å²) in [5, 5.41) is -1.19. The molecule has 22 heavy (non-hydrogen) atoms. The number of anilines is 1. The van der Waals surface area contributed by atoms with Gasteiger partial charge in [0, 0.05) is 24.7 Å². The van der Waals surface area contributed by atoms with E-state index in [2.05, 4.69) is 63.3 Å². The monoisotopic (exact) mass is 316 g/mol. The molecule has 0 N–H and O–H groups in total. The molecule has 3 rings (SSSR count). The molecule has 0 amide bonds. The Labute approximate surface area is 134 Å². The van der Waals surface area contributed by atoms with E-state index in [1.807, 2.05) is 6.20 Å². The molecule has 0 aliphatic carbocycles. The van der Waals surface area contributed by atoms with Gasteiger partial charge in [-0.15, -0.1) is 0 Å². The highest BCUT2D eigenvalue weighted by atomic mass is 31.0. The Bertz CT molecular complexity index is 685. The van der Waals surface area contributed by atoms with E-state index in [1.54, 1.807) is 0 Å². The number of nitrogens with zero attached hydrogens (tertiary/aromatic N) is 2. The largest absolute Gasteiger partial charge is 0.353 e. The lowest BCUT2D eigenvalue weighted by Gasteiger charge is -2.23. The van der Waals surface area contributed by atoms with Crippen LogP contribution in [0.1, 0.15) is 24.5 Å². The normalized spacial score (nSPS) is 21.4. The van der Waals surface area contributed by atoms with Gasteiger partial charge in [-0.25, -0.2) is 9.37 Å². The zero-order chi connectivity index (χ0) is 15.7. The van der Waals surface area contributed by atoms with Gasteiger partial charge in [0.15, 0.2) is 0 Å². The zero-order valence-corrected chi connectivity index (χ0v) is 14.3. The first kappa shape index (κ1) is 15.4. The summed E-state index contributed by atoms with van der Waals surface area (Å²) in [5.74, 6) is 0.935. The predicted molar refractivity (Wildman–Crippen MR) is 94.2 cm³/mol. The van der Waals surface area contributed by atoms with Crippen LogP contribution in [0.25, 0.3) is 11.1 Å². The Morgan fingerprint density at radius 2 is 2.05 bits per heavy atom. The van der Waals surface area contributed by atoms with Crippen molar-refractivity contribution in [2.75, 3.05) is 18.0 Å². The van der Waals surface area contributed by atoms with Crippen molar-refractivity contribution in [2.45, 2.75) is 32.1 Å². The number of aryl methyl sites for hydroxylation is 1. The average molecular weight is 316 g/mol. The van der Waals surface area contributed by atoms with Gasteiger partial charge in [-0.05, 0) is 36.1 Å². The van der Waals surface area contributed by atoms with E-state index in [0.717, 1.165) is 18.8 Å². The maximum atomic E-state index is 14.2. The maximum absolute atomic E-state index is 14.2. The Balaban J connectivity index is 2.07. The van der Waals surface area contributed by atoms with E-state index < -0.39 is 5.41 Å². The Morgan fingerprint density at radius 3 is 2.68 bits per heavy atom. The number of alkyl halides is 1. The average Bonchev–Trinajstić information content (AvgIpc) is 2.87. The van der Waals surface area contributed by atoms with Gasteiger partial charge in [-0.3, -0.25) is 0 Å². The minimum absolute atomic E-state index is 0.398. The lowest BCUT2D eigenvalue weighted by atomic mass is 9.95. The summed E-state index contributed by atoms with van der Waals surface area (Å²) in [6, 6.07) is 10.5. The number of hydrogen-bond acceptors (Lipinski definition) is 2. The van der Waals surface area contributed by atoms with Gasteiger partial charge in [-0.1, -0.05) is 40.4 Å². The molecular weight excluding hydrogens is 294 g/mol. The van der Waals surface area contributed by atoms with E-state index >= 15 is 0 Å². The molecule has 1 saturated heterocycles. The second kappa shape index (κ2) is 5.96. The molecule has 1 fully saturated rings. The third kappa shape index (κ3) is 2.87. The molecule has 4 heteroatoms. The number of rotatable bonds is 3. The summed E-state index contributed by atoms with van der Waals surface area (Å²) < 4.78 is 14.2. The summed E-state index contributed by atoms with van der Waals surface area (Å²) >= 11 is 0. The van der Waals surface area contributed by atoms with Crippen molar-refractivity contribution in [2.24, 2.45) is 0 Å². The summed E-state index contributed by atoms with van der Waals surface area (Å²) in [6.45, 7) is 5.38. The van der Waals surface area contributed by atoms with Crippen LogP contribution in [0.15, 0.2) is 36.5 Å². The van der Waals surface area contributed by atoms with E-state index in [1.165, 1.54) is 22.3 Å². The molecule has 2 nitrogen and oxygen atoms in total. The molecular formula is C18H22FN2P. The summed E-state index contributed by atoms with van der Waals surface area (Å²) in [7, 11) is 2.34. The summed E-state index contributed by atoms with van der Waals surface area (Å²) in [6.07, 6.45) is 3.27. The molecule has 0 spiro atoms. The molecule has 0 saturated carbocycles. The van der Waals surface area contributed by atoms with Crippen LogP contribution in [0.5, 0.6) is 0 Å². The van der Waals surface area contributed by atoms with Gasteiger partial charge in [0.05, 0.1) is 6.54 Å². The van der Waals surface area contributed by atoms with E-state index in [4.69, 9.17) is 0 Å². The van der Waals surface area contributed by atoms with Crippen molar-refractivity contribution >= 4 is 15.1 Å². The van der Waals surface area contributed by atoms with Gasteiger partial charge in [0.2, 0.25) is 0 Å². The SMILES string of the molecule is CCc1c(-c2ccccc2C)ccnc1N1CCC(F)(P)C1. The van der Waals surface area contributed by atoms with Crippen LogP contribution in [-0.2, 0) is 6.42 Å². The minimum Gasteiger partial charge on any atom is -0.353 e. The zero-order valence-electron chi connectivity index (χ0n) is 13.1. The smallest absolute Gasteiger partial charge is 0.142 e. The molecule has 2 unspecified atom stereocenters. The highest BCUT2D eigenvalue weighted by Gasteiger charge is 2.35. The second-order valence-corrected chi connectivity index (χ2v) is 7.07. The number of aromatic nitrogens is 1. The van der Waals surface area contributed by atoms with Crippen LogP contribution in [0.3, 0.4) is 0 Å². The first-order valence-electron chi connectivity index (χ1n) is 7.78. The number of halogens is 1. The van der Waals surface area contributed by atoms with Crippen molar-refractivity contribution in [1.82, 2.24) is 4.98 Å². The van der Waals surface area contributed by atoms with Crippen LogP contribution >= 0.6 is 9.24 Å². The molecule has 116 valence electrons. The van der Waals surface area contributed by atoms with Crippen molar-refractivity contribution in [1.29, 1.82) is 0 Å². The fourth-order valence-electron chi connectivity index (χ4n) is 3.21. The summed E-state index contributed by atoms with van der Waals surface area (Å²) in [4.78, 5) is 6.64. The van der Waals surface area contributed by atoms with Crippen LogP contribution < -0.4 is 4.90 Å². The van der Waals surface area contributed by atoms with Crippen LogP contribution in [0, 0.1) is 6.92 Å². The van der Waals surface area contributed by atoms with Crippen molar-refractivity contribution in [3.05, 3.63) is 47.7 Å². The third-order valence-electron chi connectivity index (χ3n) is 4.37. The molecule has 1 aliphatic heterocycles. The maximum Gasteiger partial charge on any atom is 0.142 e. The lowest BCUT2D eigenvalue weighted by molar-refractivity contribution is 0.318. The fraction of sp³-hybridized carbons (Fsp3) is 0.389. The van der Waals surface area contributed by atoms with Crippen LogP contribution in [0.4, 0.5) is 10.2 Å². The van der Waals surface area contributed by atoms with Crippen molar-refractivity contribution < 1.29 is 4.39 Å². The van der Waals surface area contributed by atoms with E-state index in [-0.39, 0.29) is 0 Å². The fourth-order valence-corrected chi connectivity index (χ4v) is 3.56. The van der Waals surface area contributed by atoms with Gasteiger partial charge >= 0.3 is 0 Å². The van der Waals surface area contributed by atoms with E-state index in [9.17, 15) is 4.39 Å². The molecule has 1 aromatic carbocycles. The second-order valence-electron chi connectivity index (χ2n) is 6.04. The Morgan fingerprint density at radius 1 is 1.27 bits per heavy atom. The van der Waals surface area contributed by atoms with E-state index in [0.29, 0.717) is 13.0 Å². The molecule has 2 heterocycles. The quantitative estimate of drug-likeness (QED) is 0.782. The molecule has 1 aliphatic rings. The van der Waals surface area contributed by atoms with Gasteiger partial charge in [0.25, 0.3) is 0 Å². The topological polar surface area (TPSA) is 16.1 Å². The van der Waals surface area contributed by atoms with Crippen LogP contribution in [-0.4, -0.2) is 23.5 Å². The van der Waals surface area contributed by atoms with Gasteiger partial charge in [0.1, 0.15) is 11.2 Å². The number of hydrogen-bond donors (Lipinski definition) is 0. The van der Waals surface area contributed by atoms with Gasteiger partial charge < -0.3 is 4.90 Å². The van der Waals surface area contributed by atoms with Gasteiger partial charge in [-0.2, -0.15) is 0 Å². The Hall–Kier alpha value is -1.47. The lowest BCUT2D eigenvalue weighted by Crippen LogP contribution is -2.25. The highest BCUT2D eigenvalue weighted by Crippen LogP contribution is 2.38. The Kier molecular flexibility index (Phi) is 4.18. The first-order chi connectivity index (χ1) is 10.5. The number of pyridine rings is 1. The number of benzene rings is 1. The molecule has 0 radical (unpaired) electrons. The molecule has 2 atom stereocenters. The molecule has 1 aromatic heterocycles. The van der Waals surface area contributed by atoms with Crippen molar-refractivity contribution in [3.8, 4) is 11.1 Å². The first-order valence-corrected chi connectivity index (χ1v) is 8.36. The molecule has 0 bridgehead atoms. The van der Waals surface area contributed by atoms with Crippen molar-refractivity contribution in [3.63, 3.8) is 0 Å². The standard InChI is InChI=1S/C18H22FN2P/c1-3-14-16(15-7-5-4-6-13(15)2)8-10-20-17(14)21-11-9-18(19,22)12-21/h4-8,10H,3,9,11-12,22H2,1-2H3. The third-order valence-corrected chi connectivity index (χ3v) is 4.84. The predicted octanol–water partition coefficient (Wildman–Crippen LogP) is 4.37. The molecule has 2 aromatic rings. The van der Waals surface area contributed by atoms with Crippen LogP contribution in [0.2, 0.25) is 0 Å². The summed E-state index contributed by atoms with van der Waals surface area (Å²) in [5.41, 5.74) is 4.91. The minimum atomic E-state index is -1.19.